The lowest BCUT2D eigenvalue weighted by Crippen LogP contribution is -2.40. The van der Waals surface area contributed by atoms with Crippen molar-refractivity contribution in [3.63, 3.8) is 0 Å². The molecule has 1 aliphatic heterocycles. The van der Waals surface area contributed by atoms with E-state index in [0.29, 0.717) is 18.7 Å². The summed E-state index contributed by atoms with van der Waals surface area (Å²) in [7, 11) is 0. The monoisotopic (exact) mass is 295 g/mol. The second kappa shape index (κ2) is 5.45. The zero-order valence-corrected chi connectivity index (χ0v) is 11.1. The number of Topliss-reactive ketones (excluding diaryl/α,β-unsaturated/α-hetero) is 1. The molecule has 1 aromatic carbocycles. The van der Waals surface area contributed by atoms with E-state index >= 15 is 0 Å². The summed E-state index contributed by atoms with van der Waals surface area (Å²) in [6.45, 7) is 1.41. The Morgan fingerprint density at radius 2 is 1.82 bits per heavy atom. The van der Waals surface area contributed by atoms with E-state index in [2.05, 4.69) is 15.9 Å². The molecule has 1 aliphatic rings. The molecule has 0 aliphatic carbocycles. The Labute approximate surface area is 109 Å². The highest BCUT2D eigenvalue weighted by molar-refractivity contribution is 9.10. The van der Waals surface area contributed by atoms with Crippen molar-refractivity contribution in [1.29, 1.82) is 0 Å². The van der Waals surface area contributed by atoms with Crippen LogP contribution >= 0.6 is 15.9 Å². The highest BCUT2D eigenvalue weighted by Gasteiger charge is 2.24. The Hall–Kier alpha value is -1.16. The summed E-state index contributed by atoms with van der Waals surface area (Å²) in [5, 5.41) is 0. The Bertz CT molecular complexity index is 439. The molecule has 0 radical (unpaired) electrons. The molecule has 1 fully saturated rings. The van der Waals surface area contributed by atoms with Gasteiger partial charge in [-0.15, -0.1) is 0 Å². The van der Waals surface area contributed by atoms with Crippen LogP contribution in [0.1, 0.15) is 29.6 Å². The lowest BCUT2D eigenvalue weighted by atomic mass is 10.1. The SMILES string of the molecule is O=C(C(=O)N1CCCCC1)c1cccc(Br)c1. The van der Waals surface area contributed by atoms with Gasteiger partial charge in [0, 0.05) is 23.1 Å². The molecule has 0 atom stereocenters. The van der Waals surface area contributed by atoms with Crippen LogP contribution in [-0.2, 0) is 4.79 Å². The predicted octanol–water partition coefficient (Wildman–Crippen LogP) is 2.64. The van der Waals surface area contributed by atoms with Crippen molar-refractivity contribution in [2.24, 2.45) is 0 Å². The summed E-state index contributed by atoms with van der Waals surface area (Å²) < 4.78 is 0.815. The standard InChI is InChI=1S/C13H14BrNO2/c14-11-6-4-5-10(9-11)12(16)13(17)15-7-2-1-3-8-15/h4-6,9H,1-3,7-8H2. The first-order valence-corrected chi connectivity index (χ1v) is 6.57. The summed E-state index contributed by atoms with van der Waals surface area (Å²) in [5.41, 5.74) is 0.454. The maximum absolute atomic E-state index is 12.0. The molecule has 0 unspecified atom stereocenters. The molecule has 4 heteroatoms. The summed E-state index contributed by atoms with van der Waals surface area (Å²) in [6, 6.07) is 6.96. The molecule has 1 aromatic rings. The third-order valence-electron chi connectivity index (χ3n) is 2.92. The number of hydrogen-bond donors (Lipinski definition) is 0. The summed E-state index contributed by atoms with van der Waals surface area (Å²) in [6.07, 6.45) is 3.14. The molecule has 1 heterocycles. The number of carbonyl (C=O) groups is 2. The van der Waals surface area contributed by atoms with Gasteiger partial charge in [0.05, 0.1) is 0 Å². The zero-order chi connectivity index (χ0) is 12.3. The molecule has 0 saturated carbocycles. The first-order chi connectivity index (χ1) is 8.18. The number of halogens is 1. The Balaban J connectivity index is 2.11. The van der Waals surface area contributed by atoms with Crippen LogP contribution in [0.5, 0.6) is 0 Å². The van der Waals surface area contributed by atoms with Crippen LogP contribution in [0, 0.1) is 0 Å². The number of rotatable bonds is 2. The molecule has 0 N–H and O–H groups in total. The van der Waals surface area contributed by atoms with Crippen molar-refractivity contribution >= 4 is 27.6 Å². The van der Waals surface area contributed by atoms with Crippen LogP contribution in [0.15, 0.2) is 28.7 Å². The Morgan fingerprint density at radius 3 is 2.47 bits per heavy atom. The second-order valence-electron chi connectivity index (χ2n) is 4.19. The van der Waals surface area contributed by atoms with Crippen molar-refractivity contribution in [2.45, 2.75) is 19.3 Å². The fourth-order valence-corrected chi connectivity index (χ4v) is 2.39. The molecule has 1 amide bonds. The van der Waals surface area contributed by atoms with E-state index in [1.54, 1.807) is 23.1 Å². The number of likely N-dealkylation sites (tertiary alicyclic amines) is 1. The van der Waals surface area contributed by atoms with Gasteiger partial charge in [0.1, 0.15) is 0 Å². The number of carbonyl (C=O) groups excluding carboxylic acids is 2. The van der Waals surface area contributed by atoms with E-state index in [0.717, 1.165) is 23.7 Å². The number of amides is 1. The maximum atomic E-state index is 12.0. The van der Waals surface area contributed by atoms with Gasteiger partial charge < -0.3 is 4.90 Å². The first kappa shape index (κ1) is 12.3. The molecule has 1 saturated heterocycles. The van der Waals surface area contributed by atoms with E-state index in [4.69, 9.17) is 0 Å². The van der Waals surface area contributed by atoms with E-state index in [-0.39, 0.29) is 5.91 Å². The summed E-state index contributed by atoms with van der Waals surface area (Å²) in [5.74, 6) is -0.781. The van der Waals surface area contributed by atoms with Crippen LogP contribution in [0.4, 0.5) is 0 Å². The van der Waals surface area contributed by atoms with Crippen LogP contribution in [0.3, 0.4) is 0 Å². The zero-order valence-electron chi connectivity index (χ0n) is 9.49. The summed E-state index contributed by atoms with van der Waals surface area (Å²) >= 11 is 3.30. The molecular weight excluding hydrogens is 282 g/mol. The van der Waals surface area contributed by atoms with Crippen molar-refractivity contribution in [3.8, 4) is 0 Å². The first-order valence-electron chi connectivity index (χ1n) is 5.77. The molecule has 2 rings (SSSR count). The average molecular weight is 296 g/mol. The van der Waals surface area contributed by atoms with E-state index < -0.39 is 5.78 Å². The van der Waals surface area contributed by atoms with Crippen LogP contribution in [0.25, 0.3) is 0 Å². The molecule has 3 nitrogen and oxygen atoms in total. The van der Waals surface area contributed by atoms with Gasteiger partial charge in [-0.25, -0.2) is 0 Å². The van der Waals surface area contributed by atoms with Crippen molar-refractivity contribution in [1.82, 2.24) is 4.90 Å². The number of piperidine rings is 1. The van der Waals surface area contributed by atoms with Gasteiger partial charge in [-0.05, 0) is 31.4 Å². The highest BCUT2D eigenvalue weighted by Crippen LogP contribution is 2.15. The van der Waals surface area contributed by atoms with Crippen LogP contribution < -0.4 is 0 Å². The molecule has 90 valence electrons. The summed E-state index contributed by atoms with van der Waals surface area (Å²) in [4.78, 5) is 25.6. The smallest absolute Gasteiger partial charge is 0.294 e. The van der Waals surface area contributed by atoms with Gasteiger partial charge in [-0.2, -0.15) is 0 Å². The molecule has 17 heavy (non-hydrogen) atoms. The highest BCUT2D eigenvalue weighted by atomic mass is 79.9. The van der Waals surface area contributed by atoms with E-state index in [1.165, 1.54) is 0 Å². The minimum Gasteiger partial charge on any atom is -0.336 e. The Morgan fingerprint density at radius 1 is 1.12 bits per heavy atom. The van der Waals surface area contributed by atoms with Crippen LogP contribution in [0.2, 0.25) is 0 Å². The quantitative estimate of drug-likeness (QED) is 0.621. The lowest BCUT2D eigenvalue weighted by molar-refractivity contribution is -0.127. The van der Waals surface area contributed by atoms with E-state index in [1.807, 2.05) is 6.07 Å². The van der Waals surface area contributed by atoms with Crippen LogP contribution in [-0.4, -0.2) is 29.7 Å². The number of benzene rings is 1. The van der Waals surface area contributed by atoms with Crippen molar-refractivity contribution < 1.29 is 9.59 Å². The largest absolute Gasteiger partial charge is 0.336 e. The minimum atomic E-state index is -0.409. The van der Waals surface area contributed by atoms with Gasteiger partial charge in [0.2, 0.25) is 5.78 Å². The van der Waals surface area contributed by atoms with Crippen molar-refractivity contribution in [3.05, 3.63) is 34.3 Å². The minimum absolute atomic E-state index is 0.372. The van der Waals surface area contributed by atoms with Crippen molar-refractivity contribution in [2.75, 3.05) is 13.1 Å². The normalized spacial score (nSPS) is 15.7. The number of nitrogens with zero attached hydrogens (tertiary/aromatic N) is 1. The number of ketones is 1. The molecule has 0 spiro atoms. The maximum Gasteiger partial charge on any atom is 0.294 e. The fraction of sp³-hybridized carbons (Fsp3) is 0.385. The van der Waals surface area contributed by atoms with Gasteiger partial charge in [-0.1, -0.05) is 28.1 Å². The van der Waals surface area contributed by atoms with E-state index in [9.17, 15) is 9.59 Å². The Kier molecular flexibility index (Phi) is 3.94. The third kappa shape index (κ3) is 2.94. The van der Waals surface area contributed by atoms with Gasteiger partial charge in [0.25, 0.3) is 5.91 Å². The molecule has 0 aromatic heterocycles. The number of hydrogen-bond acceptors (Lipinski definition) is 2. The van der Waals surface area contributed by atoms with Gasteiger partial charge in [0.15, 0.2) is 0 Å². The topological polar surface area (TPSA) is 37.4 Å². The van der Waals surface area contributed by atoms with Gasteiger partial charge >= 0.3 is 0 Å². The molecular formula is C13H14BrNO2. The molecule has 0 bridgehead atoms. The average Bonchev–Trinajstić information content (AvgIpc) is 2.38. The third-order valence-corrected chi connectivity index (χ3v) is 3.42. The second-order valence-corrected chi connectivity index (χ2v) is 5.11. The predicted molar refractivity (Wildman–Crippen MR) is 68.9 cm³/mol. The van der Waals surface area contributed by atoms with Gasteiger partial charge in [-0.3, -0.25) is 9.59 Å². The fourth-order valence-electron chi connectivity index (χ4n) is 1.99. The lowest BCUT2D eigenvalue weighted by Gasteiger charge is -2.25.